The average molecular weight is 278 g/mol. The van der Waals surface area contributed by atoms with Crippen LogP contribution in [-0.2, 0) is 19.7 Å². The Kier molecular flexibility index (Phi) is 3.99. The lowest BCUT2D eigenvalue weighted by Gasteiger charge is -2.38. The summed E-state index contributed by atoms with van der Waals surface area (Å²) >= 11 is 0. The smallest absolute Gasteiger partial charge is 0.281 e. The third-order valence-electron chi connectivity index (χ3n) is 3.93. The molecule has 0 aromatic heterocycles. The first-order valence-electron chi connectivity index (χ1n) is 6.24. The number of nitrogens with zero attached hydrogens (tertiary/aromatic N) is 2. The van der Waals surface area contributed by atoms with Crippen molar-refractivity contribution in [2.45, 2.75) is 31.0 Å². The highest BCUT2D eigenvalue weighted by molar-refractivity contribution is 7.86. The van der Waals surface area contributed by atoms with Crippen LogP contribution in [0.4, 0.5) is 0 Å². The predicted molar refractivity (Wildman–Crippen MR) is 67.5 cm³/mol. The van der Waals surface area contributed by atoms with Crippen LogP contribution < -0.4 is 0 Å². The Morgan fingerprint density at radius 2 is 1.94 bits per heavy atom. The molecule has 0 radical (unpaired) electrons. The average Bonchev–Trinajstić information content (AvgIpc) is 2.73. The van der Waals surface area contributed by atoms with Gasteiger partial charge >= 0.3 is 0 Å². The number of ether oxygens (including phenoxy) is 2. The van der Waals surface area contributed by atoms with Crippen LogP contribution in [0.5, 0.6) is 0 Å². The molecule has 0 aromatic rings. The predicted octanol–water partition coefficient (Wildman–Crippen LogP) is 0.0627. The van der Waals surface area contributed by atoms with Crippen molar-refractivity contribution in [2.75, 3.05) is 40.9 Å². The van der Waals surface area contributed by atoms with Crippen LogP contribution >= 0.6 is 0 Å². The summed E-state index contributed by atoms with van der Waals surface area (Å²) in [6.45, 7) is 1.67. The van der Waals surface area contributed by atoms with Gasteiger partial charge in [0.05, 0.1) is 18.3 Å². The summed E-state index contributed by atoms with van der Waals surface area (Å²) in [4.78, 5) is 0. The first-order chi connectivity index (χ1) is 8.39. The number of hydrogen-bond acceptors (Lipinski definition) is 4. The van der Waals surface area contributed by atoms with Crippen molar-refractivity contribution in [1.82, 2.24) is 8.61 Å². The van der Waals surface area contributed by atoms with Crippen LogP contribution in [0.2, 0.25) is 0 Å². The Bertz CT molecular complexity index is 388. The molecule has 2 aliphatic heterocycles. The van der Waals surface area contributed by atoms with Crippen molar-refractivity contribution in [3.8, 4) is 0 Å². The van der Waals surface area contributed by atoms with Gasteiger partial charge in [-0.25, -0.2) is 0 Å². The molecule has 1 spiro atoms. The van der Waals surface area contributed by atoms with Gasteiger partial charge in [-0.15, -0.1) is 0 Å². The molecule has 6 nitrogen and oxygen atoms in total. The molecular weight excluding hydrogens is 256 g/mol. The highest BCUT2D eigenvalue weighted by atomic mass is 32.2. The molecule has 106 valence electrons. The summed E-state index contributed by atoms with van der Waals surface area (Å²) in [5.74, 6) is 0. The third-order valence-corrected chi connectivity index (χ3v) is 5.87. The fourth-order valence-electron chi connectivity index (χ4n) is 2.66. The van der Waals surface area contributed by atoms with Crippen LogP contribution in [0.1, 0.15) is 19.3 Å². The Balaban J connectivity index is 1.97. The monoisotopic (exact) mass is 278 g/mol. The van der Waals surface area contributed by atoms with E-state index in [0.29, 0.717) is 19.7 Å². The zero-order valence-electron chi connectivity index (χ0n) is 11.3. The Hall–Kier alpha value is -0.210. The molecule has 2 rings (SSSR count). The SMILES string of the molecule is CO[C@@H]1COC2(CCN(S(=O)(=O)N(C)C)CC2)C1. The van der Waals surface area contributed by atoms with Gasteiger partial charge in [0.1, 0.15) is 0 Å². The van der Waals surface area contributed by atoms with Gasteiger partial charge < -0.3 is 9.47 Å². The molecule has 18 heavy (non-hydrogen) atoms. The fourth-order valence-corrected chi connectivity index (χ4v) is 3.76. The molecular formula is C11H22N2O4S. The summed E-state index contributed by atoms with van der Waals surface area (Å²) < 4.78 is 37.9. The van der Waals surface area contributed by atoms with Gasteiger partial charge in [-0.3, -0.25) is 0 Å². The van der Waals surface area contributed by atoms with E-state index in [1.165, 1.54) is 8.61 Å². The van der Waals surface area contributed by atoms with Gasteiger partial charge in [0, 0.05) is 40.7 Å². The van der Waals surface area contributed by atoms with E-state index in [1.54, 1.807) is 21.2 Å². The first kappa shape index (κ1) is 14.2. The van der Waals surface area contributed by atoms with E-state index in [1.807, 2.05) is 0 Å². The maximum absolute atomic E-state index is 12.0. The van der Waals surface area contributed by atoms with Gasteiger partial charge in [-0.1, -0.05) is 0 Å². The minimum atomic E-state index is -3.29. The van der Waals surface area contributed by atoms with Crippen LogP contribution in [0.3, 0.4) is 0 Å². The lowest BCUT2D eigenvalue weighted by atomic mass is 9.89. The van der Waals surface area contributed by atoms with Crippen molar-refractivity contribution in [3.05, 3.63) is 0 Å². The van der Waals surface area contributed by atoms with Gasteiger partial charge in [-0.2, -0.15) is 17.0 Å². The zero-order valence-corrected chi connectivity index (χ0v) is 12.1. The van der Waals surface area contributed by atoms with E-state index in [9.17, 15) is 8.42 Å². The van der Waals surface area contributed by atoms with E-state index in [2.05, 4.69) is 0 Å². The molecule has 0 bridgehead atoms. The molecule has 2 heterocycles. The van der Waals surface area contributed by atoms with Crippen molar-refractivity contribution in [2.24, 2.45) is 0 Å². The molecule has 1 atom stereocenters. The molecule has 0 saturated carbocycles. The van der Waals surface area contributed by atoms with Crippen LogP contribution in [0, 0.1) is 0 Å². The number of methoxy groups -OCH3 is 1. The standard InChI is InChI=1S/C11H22N2O4S/c1-12(2)18(14,15)13-6-4-11(5-7-13)8-10(16-3)9-17-11/h10H,4-9H2,1-3H3/t10-/m0/s1. The molecule has 0 unspecified atom stereocenters. The minimum absolute atomic E-state index is 0.155. The topological polar surface area (TPSA) is 59.1 Å². The van der Waals surface area contributed by atoms with Crippen molar-refractivity contribution in [1.29, 1.82) is 0 Å². The second-order valence-electron chi connectivity index (χ2n) is 5.25. The first-order valence-corrected chi connectivity index (χ1v) is 7.64. The Labute approximate surface area is 109 Å². The molecule has 7 heteroatoms. The third kappa shape index (κ3) is 2.55. The fraction of sp³-hybridized carbons (Fsp3) is 1.00. The quantitative estimate of drug-likeness (QED) is 0.732. The van der Waals surface area contributed by atoms with E-state index >= 15 is 0 Å². The normalized spacial score (nSPS) is 29.2. The molecule has 0 N–H and O–H groups in total. The molecule has 2 aliphatic rings. The highest BCUT2D eigenvalue weighted by Gasteiger charge is 2.44. The Morgan fingerprint density at radius 3 is 2.39 bits per heavy atom. The molecule has 0 amide bonds. The zero-order chi connectivity index (χ0) is 13.4. The largest absolute Gasteiger partial charge is 0.379 e. The second-order valence-corrected chi connectivity index (χ2v) is 7.39. The van der Waals surface area contributed by atoms with E-state index in [-0.39, 0.29) is 11.7 Å². The molecule has 2 saturated heterocycles. The molecule has 0 aromatic carbocycles. The van der Waals surface area contributed by atoms with Gasteiger partial charge in [0.15, 0.2) is 0 Å². The van der Waals surface area contributed by atoms with Crippen LogP contribution in [0.25, 0.3) is 0 Å². The molecule has 2 fully saturated rings. The van der Waals surface area contributed by atoms with Gasteiger partial charge in [0.2, 0.25) is 0 Å². The summed E-state index contributed by atoms with van der Waals surface area (Å²) in [6.07, 6.45) is 2.53. The summed E-state index contributed by atoms with van der Waals surface area (Å²) in [6, 6.07) is 0. The lowest BCUT2D eigenvalue weighted by molar-refractivity contribution is -0.0333. The van der Waals surface area contributed by atoms with Crippen LogP contribution in [-0.4, -0.2) is 69.6 Å². The maximum Gasteiger partial charge on any atom is 0.281 e. The van der Waals surface area contributed by atoms with E-state index in [4.69, 9.17) is 9.47 Å². The summed E-state index contributed by atoms with van der Waals surface area (Å²) in [7, 11) is 1.53. The minimum Gasteiger partial charge on any atom is -0.379 e. The number of rotatable bonds is 3. The highest BCUT2D eigenvalue weighted by Crippen LogP contribution is 2.37. The van der Waals surface area contributed by atoms with Crippen molar-refractivity contribution >= 4 is 10.2 Å². The Morgan fingerprint density at radius 1 is 1.33 bits per heavy atom. The van der Waals surface area contributed by atoms with Crippen molar-refractivity contribution < 1.29 is 17.9 Å². The van der Waals surface area contributed by atoms with Gasteiger partial charge in [0.25, 0.3) is 10.2 Å². The number of piperidine rings is 1. The molecule has 0 aliphatic carbocycles. The van der Waals surface area contributed by atoms with Crippen molar-refractivity contribution in [3.63, 3.8) is 0 Å². The lowest BCUT2D eigenvalue weighted by Crippen LogP contribution is -2.49. The van der Waals surface area contributed by atoms with E-state index in [0.717, 1.165) is 19.3 Å². The van der Waals surface area contributed by atoms with E-state index < -0.39 is 10.2 Å². The summed E-state index contributed by atoms with van der Waals surface area (Å²) in [5, 5.41) is 0. The van der Waals surface area contributed by atoms with Crippen LogP contribution in [0.15, 0.2) is 0 Å². The summed E-state index contributed by atoms with van der Waals surface area (Å²) in [5.41, 5.74) is -0.168. The number of hydrogen-bond donors (Lipinski definition) is 0. The van der Waals surface area contributed by atoms with Gasteiger partial charge in [-0.05, 0) is 12.8 Å². The second kappa shape index (κ2) is 5.05. The maximum atomic E-state index is 12.0.